The van der Waals surface area contributed by atoms with E-state index >= 15 is 0 Å². The summed E-state index contributed by atoms with van der Waals surface area (Å²) in [5.74, 6) is -0.798. The van der Waals surface area contributed by atoms with Crippen molar-refractivity contribution in [1.82, 2.24) is 4.90 Å². The quantitative estimate of drug-likeness (QED) is 0.761. The van der Waals surface area contributed by atoms with E-state index in [0.29, 0.717) is 0 Å². The number of aliphatic carboxylic acids is 1. The topological polar surface area (TPSA) is 52.6 Å². The summed E-state index contributed by atoms with van der Waals surface area (Å²) in [5.41, 5.74) is 1.85. The van der Waals surface area contributed by atoms with E-state index in [2.05, 4.69) is 10.2 Å². The van der Waals surface area contributed by atoms with Crippen molar-refractivity contribution >= 4 is 11.7 Å². The number of anilines is 1. The molecule has 0 saturated carbocycles. The van der Waals surface area contributed by atoms with E-state index in [-0.39, 0.29) is 6.42 Å². The molecule has 0 bridgehead atoms. The van der Waals surface area contributed by atoms with Gasteiger partial charge in [-0.25, -0.2) is 0 Å². The van der Waals surface area contributed by atoms with Crippen molar-refractivity contribution in [3.8, 4) is 0 Å². The summed E-state index contributed by atoms with van der Waals surface area (Å²) in [7, 11) is 4.05. The fraction of sp³-hybridized carbons (Fsp3) is 0.417. The Labute approximate surface area is 95.9 Å². The summed E-state index contributed by atoms with van der Waals surface area (Å²) in [4.78, 5) is 12.6. The Morgan fingerprint density at radius 2 is 1.94 bits per heavy atom. The van der Waals surface area contributed by atoms with Crippen LogP contribution in [0.1, 0.15) is 5.56 Å². The largest absolute Gasteiger partial charge is 0.481 e. The lowest BCUT2D eigenvalue weighted by Crippen LogP contribution is -2.20. The number of rotatable bonds is 6. The number of nitrogens with one attached hydrogen (secondary N) is 1. The zero-order chi connectivity index (χ0) is 12.0. The van der Waals surface area contributed by atoms with Crippen LogP contribution >= 0.6 is 0 Å². The second-order valence-corrected chi connectivity index (χ2v) is 4.00. The lowest BCUT2D eigenvalue weighted by Gasteiger charge is -2.11. The first-order chi connectivity index (χ1) is 7.58. The average molecular weight is 222 g/mol. The lowest BCUT2D eigenvalue weighted by atomic mass is 10.1. The first-order valence-electron chi connectivity index (χ1n) is 5.27. The molecule has 0 heterocycles. The fourth-order valence-corrected chi connectivity index (χ4v) is 1.34. The molecule has 1 rings (SSSR count). The standard InChI is InChI=1S/C12H18N2O2/c1-14(2)8-7-13-11-5-3-10(4-6-11)9-12(15)16/h3-6,13H,7-9H2,1-2H3,(H,15,16). The van der Waals surface area contributed by atoms with Crippen molar-refractivity contribution in [1.29, 1.82) is 0 Å². The third-order valence-corrected chi connectivity index (χ3v) is 2.20. The summed E-state index contributed by atoms with van der Waals surface area (Å²) in [6.07, 6.45) is 0.0813. The zero-order valence-electron chi connectivity index (χ0n) is 9.73. The number of carbonyl (C=O) groups is 1. The zero-order valence-corrected chi connectivity index (χ0v) is 9.73. The highest BCUT2D eigenvalue weighted by Gasteiger charge is 1.99. The molecule has 0 saturated heterocycles. The third kappa shape index (κ3) is 4.79. The molecule has 0 aromatic heterocycles. The van der Waals surface area contributed by atoms with E-state index in [1.54, 1.807) is 0 Å². The maximum absolute atomic E-state index is 10.5. The molecule has 0 spiro atoms. The van der Waals surface area contributed by atoms with Crippen LogP contribution in [-0.4, -0.2) is 43.2 Å². The van der Waals surface area contributed by atoms with Crippen molar-refractivity contribution in [3.05, 3.63) is 29.8 Å². The van der Waals surface area contributed by atoms with Gasteiger partial charge in [0.05, 0.1) is 6.42 Å². The van der Waals surface area contributed by atoms with Gasteiger partial charge in [0, 0.05) is 18.8 Å². The Kier molecular flexibility index (Phi) is 4.79. The maximum atomic E-state index is 10.5. The molecule has 0 radical (unpaired) electrons. The predicted molar refractivity (Wildman–Crippen MR) is 64.8 cm³/mol. The molecule has 2 N–H and O–H groups in total. The predicted octanol–water partition coefficient (Wildman–Crippen LogP) is 1.29. The van der Waals surface area contributed by atoms with E-state index in [1.165, 1.54) is 0 Å². The van der Waals surface area contributed by atoms with Crippen molar-refractivity contribution in [2.45, 2.75) is 6.42 Å². The van der Waals surface area contributed by atoms with Gasteiger partial charge in [0.25, 0.3) is 0 Å². The van der Waals surface area contributed by atoms with Gasteiger partial charge in [-0.05, 0) is 31.8 Å². The second-order valence-electron chi connectivity index (χ2n) is 4.00. The number of carboxylic acids is 1. The van der Waals surface area contributed by atoms with Crippen LogP contribution < -0.4 is 5.32 Å². The highest BCUT2D eigenvalue weighted by atomic mass is 16.4. The summed E-state index contributed by atoms with van der Waals surface area (Å²) in [6, 6.07) is 7.50. The minimum atomic E-state index is -0.798. The Hall–Kier alpha value is -1.55. The molecular weight excluding hydrogens is 204 g/mol. The van der Waals surface area contributed by atoms with Crippen LogP contribution in [0.3, 0.4) is 0 Å². The van der Waals surface area contributed by atoms with Crippen LogP contribution in [0.5, 0.6) is 0 Å². The molecule has 16 heavy (non-hydrogen) atoms. The maximum Gasteiger partial charge on any atom is 0.307 e. The molecular formula is C12H18N2O2. The van der Waals surface area contributed by atoms with Crippen LogP contribution in [0.4, 0.5) is 5.69 Å². The van der Waals surface area contributed by atoms with Gasteiger partial charge in [0.2, 0.25) is 0 Å². The number of hydrogen-bond acceptors (Lipinski definition) is 3. The first-order valence-corrected chi connectivity index (χ1v) is 5.27. The van der Waals surface area contributed by atoms with Crippen molar-refractivity contribution in [2.75, 3.05) is 32.5 Å². The highest BCUT2D eigenvalue weighted by Crippen LogP contribution is 2.09. The van der Waals surface area contributed by atoms with E-state index in [9.17, 15) is 4.79 Å². The normalized spacial score (nSPS) is 10.4. The van der Waals surface area contributed by atoms with Gasteiger partial charge < -0.3 is 15.3 Å². The van der Waals surface area contributed by atoms with Crippen molar-refractivity contribution in [3.63, 3.8) is 0 Å². The molecule has 0 unspecified atom stereocenters. The number of benzene rings is 1. The number of likely N-dealkylation sites (N-methyl/N-ethyl adjacent to an activating group) is 1. The lowest BCUT2D eigenvalue weighted by molar-refractivity contribution is -0.136. The molecule has 4 heteroatoms. The second kappa shape index (κ2) is 6.12. The van der Waals surface area contributed by atoms with E-state index < -0.39 is 5.97 Å². The monoisotopic (exact) mass is 222 g/mol. The molecule has 0 aliphatic rings. The summed E-state index contributed by atoms with van der Waals surface area (Å²) in [6.45, 7) is 1.85. The van der Waals surface area contributed by atoms with Crippen LogP contribution in [0.2, 0.25) is 0 Å². The Bertz CT molecular complexity index is 333. The van der Waals surface area contributed by atoms with Gasteiger partial charge in [0.15, 0.2) is 0 Å². The van der Waals surface area contributed by atoms with Gasteiger partial charge >= 0.3 is 5.97 Å². The summed E-state index contributed by atoms with van der Waals surface area (Å²) >= 11 is 0. The van der Waals surface area contributed by atoms with Crippen molar-refractivity contribution < 1.29 is 9.90 Å². The van der Waals surface area contributed by atoms with Gasteiger partial charge in [-0.2, -0.15) is 0 Å². The molecule has 0 atom stereocenters. The Morgan fingerprint density at radius 1 is 1.31 bits per heavy atom. The first kappa shape index (κ1) is 12.5. The SMILES string of the molecule is CN(C)CCNc1ccc(CC(=O)O)cc1. The minimum absolute atomic E-state index is 0.0813. The molecule has 4 nitrogen and oxygen atoms in total. The molecule has 0 fully saturated rings. The molecule has 0 aliphatic carbocycles. The van der Waals surface area contributed by atoms with E-state index in [4.69, 9.17) is 5.11 Å². The smallest absolute Gasteiger partial charge is 0.307 e. The van der Waals surface area contributed by atoms with Gasteiger partial charge in [-0.3, -0.25) is 4.79 Å². The highest BCUT2D eigenvalue weighted by molar-refractivity contribution is 5.70. The molecule has 0 amide bonds. The van der Waals surface area contributed by atoms with Crippen LogP contribution in [-0.2, 0) is 11.2 Å². The Balaban J connectivity index is 2.42. The van der Waals surface area contributed by atoms with Crippen LogP contribution in [0, 0.1) is 0 Å². The van der Waals surface area contributed by atoms with E-state index in [0.717, 1.165) is 24.3 Å². The Morgan fingerprint density at radius 3 is 2.44 bits per heavy atom. The fourth-order valence-electron chi connectivity index (χ4n) is 1.34. The third-order valence-electron chi connectivity index (χ3n) is 2.20. The van der Waals surface area contributed by atoms with Crippen LogP contribution in [0.25, 0.3) is 0 Å². The average Bonchev–Trinajstić information content (AvgIpc) is 2.19. The molecule has 1 aromatic rings. The van der Waals surface area contributed by atoms with Gasteiger partial charge in [0.1, 0.15) is 0 Å². The molecule has 88 valence electrons. The molecule has 1 aromatic carbocycles. The van der Waals surface area contributed by atoms with Gasteiger partial charge in [-0.15, -0.1) is 0 Å². The number of hydrogen-bond donors (Lipinski definition) is 2. The summed E-state index contributed by atoms with van der Waals surface area (Å²) < 4.78 is 0. The minimum Gasteiger partial charge on any atom is -0.481 e. The molecule has 0 aliphatic heterocycles. The van der Waals surface area contributed by atoms with Crippen LogP contribution in [0.15, 0.2) is 24.3 Å². The van der Waals surface area contributed by atoms with Crippen molar-refractivity contribution in [2.24, 2.45) is 0 Å². The number of nitrogens with zero attached hydrogens (tertiary/aromatic N) is 1. The number of carboxylic acid groups (broad SMARTS) is 1. The summed E-state index contributed by atoms with van der Waals surface area (Å²) in [5, 5.41) is 11.9. The van der Waals surface area contributed by atoms with Gasteiger partial charge in [-0.1, -0.05) is 12.1 Å². The van der Waals surface area contributed by atoms with E-state index in [1.807, 2.05) is 38.4 Å².